The van der Waals surface area contributed by atoms with E-state index in [0.29, 0.717) is 6.04 Å². The Hall–Kier alpha value is -2.66. The number of imidazole rings is 1. The molecule has 1 unspecified atom stereocenters. The van der Waals surface area contributed by atoms with Crippen molar-refractivity contribution in [3.63, 3.8) is 0 Å². The molecule has 4 rings (SSSR count). The summed E-state index contributed by atoms with van der Waals surface area (Å²) in [6.45, 7) is 5.77. The maximum Gasteiger partial charge on any atom is 0.254 e. The van der Waals surface area contributed by atoms with E-state index in [4.69, 9.17) is 0 Å². The van der Waals surface area contributed by atoms with E-state index in [-0.39, 0.29) is 5.91 Å². The number of H-pyrrole nitrogens is 1. The molecule has 3 aromatic rings. The number of amides is 1. The monoisotopic (exact) mass is 390 g/mol. The lowest BCUT2D eigenvalue weighted by Gasteiger charge is -2.41. The van der Waals surface area contributed by atoms with Crippen LogP contribution in [0.25, 0.3) is 10.8 Å². The van der Waals surface area contributed by atoms with Crippen LogP contribution in [0, 0.1) is 0 Å². The fraction of sp³-hybridized carbons (Fsp3) is 0.417. The van der Waals surface area contributed by atoms with Crippen molar-refractivity contribution in [3.05, 3.63) is 66.2 Å². The van der Waals surface area contributed by atoms with Crippen molar-refractivity contribution in [2.45, 2.75) is 38.6 Å². The number of aromatic amines is 1. The van der Waals surface area contributed by atoms with E-state index in [1.54, 1.807) is 6.33 Å². The lowest BCUT2D eigenvalue weighted by atomic mass is 10.0. The molecule has 0 radical (unpaired) electrons. The molecular formula is C24H30N4O. The molecule has 2 heterocycles. The van der Waals surface area contributed by atoms with Crippen LogP contribution < -0.4 is 0 Å². The van der Waals surface area contributed by atoms with E-state index in [1.165, 1.54) is 18.5 Å². The highest BCUT2D eigenvalue weighted by atomic mass is 16.2. The predicted octanol–water partition coefficient (Wildman–Crippen LogP) is 4.12. The van der Waals surface area contributed by atoms with Crippen molar-refractivity contribution in [1.82, 2.24) is 19.8 Å². The molecule has 1 N–H and O–H groups in total. The standard InChI is InChI=1S/C24H30N4O/c1-2-3-9-21-17-28(15-14-27(21)13-12-20-16-25-18-26-20)24(29)23-11-6-8-19-7-4-5-10-22(19)23/h4-8,10-11,16,18,21H,2-3,9,12-15,17H2,1H3,(H,25,26). The molecule has 2 aromatic carbocycles. The van der Waals surface area contributed by atoms with Crippen LogP contribution in [0.1, 0.15) is 42.2 Å². The van der Waals surface area contributed by atoms with Crippen molar-refractivity contribution < 1.29 is 4.79 Å². The second-order valence-corrected chi connectivity index (χ2v) is 7.94. The summed E-state index contributed by atoms with van der Waals surface area (Å²) < 4.78 is 0. The van der Waals surface area contributed by atoms with Crippen LogP contribution in [-0.2, 0) is 6.42 Å². The highest BCUT2D eigenvalue weighted by molar-refractivity contribution is 6.07. The zero-order valence-corrected chi connectivity index (χ0v) is 17.2. The summed E-state index contributed by atoms with van der Waals surface area (Å²) >= 11 is 0. The maximum atomic E-state index is 13.4. The predicted molar refractivity (Wildman–Crippen MR) is 117 cm³/mol. The van der Waals surface area contributed by atoms with Crippen LogP contribution in [0.4, 0.5) is 0 Å². The number of carbonyl (C=O) groups excluding carboxylic acids is 1. The number of fused-ring (bicyclic) bond motifs is 1. The Balaban J connectivity index is 1.48. The Bertz CT molecular complexity index is 932. The molecule has 5 heteroatoms. The molecule has 1 fully saturated rings. The summed E-state index contributed by atoms with van der Waals surface area (Å²) in [6.07, 6.45) is 8.13. The van der Waals surface area contributed by atoms with Gasteiger partial charge in [-0.15, -0.1) is 0 Å². The molecule has 5 nitrogen and oxygen atoms in total. The third-order valence-corrected chi connectivity index (χ3v) is 6.03. The van der Waals surface area contributed by atoms with Crippen molar-refractivity contribution in [2.24, 2.45) is 0 Å². The summed E-state index contributed by atoms with van der Waals surface area (Å²) in [6, 6.07) is 14.6. The second kappa shape index (κ2) is 9.23. The number of piperazine rings is 1. The van der Waals surface area contributed by atoms with Gasteiger partial charge in [0.25, 0.3) is 5.91 Å². The Morgan fingerprint density at radius 1 is 1.17 bits per heavy atom. The smallest absolute Gasteiger partial charge is 0.254 e. The molecule has 1 atom stereocenters. The van der Waals surface area contributed by atoms with Gasteiger partial charge >= 0.3 is 0 Å². The fourth-order valence-corrected chi connectivity index (χ4v) is 4.35. The van der Waals surface area contributed by atoms with Crippen molar-refractivity contribution in [2.75, 3.05) is 26.2 Å². The van der Waals surface area contributed by atoms with Crippen LogP contribution in [-0.4, -0.2) is 57.9 Å². The number of carbonyl (C=O) groups is 1. The number of unbranched alkanes of at least 4 members (excludes halogenated alkanes) is 1. The first kappa shape index (κ1) is 19.6. The van der Waals surface area contributed by atoms with Crippen molar-refractivity contribution in [1.29, 1.82) is 0 Å². The van der Waals surface area contributed by atoms with Gasteiger partial charge in [0, 0.05) is 56.1 Å². The van der Waals surface area contributed by atoms with E-state index < -0.39 is 0 Å². The van der Waals surface area contributed by atoms with Crippen LogP contribution in [0.3, 0.4) is 0 Å². The third kappa shape index (κ3) is 4.51. The highest BCUT2D eigenvalue weighted by Crippen LogP contribution is 2.23. The molecule has 1 aliphatic rings. The van der Waals surface area contributed by atoms with Gasteiger partial charge in [0.05, 0.1) is 6.33 Å². The van der Waals surface area contributed by atoms with Crippen LogP contribution in [0.15, 0.2) is 55.0 Å². The highest BCUT2D eigenvalue weighted by Gasteiger charge is 2.30. The Kier molecular flexibility index (Phi) is 6.25. The molecule has 1 aromatic heterocycles. The molecule has 0 bridgehead atoms. The summed E-state index contributed by atoms with van der Waals surface area (Å²) in [5.74, 6) is 0.163. The lowest BCUT2D eigenvalue weighted by molar-refractivity contribution is 0.0464. The zero-order chi connectivity index (χ0) is 20.1. The normalized spacial score (nSPS) is 17.7. The number of hydrogen-bond donors (Lipinski definition) is 1. The molecule has 152 valence electrons. The quantitative estimate of drug-likeness (QED) is 0.660. The van der Waals surface area contributed by atoms with Gasteiger partial charge in [-0.05, 0) is 23.3 Å². The Labute approximate surface area is 172 Å². The van der Waals surface area contributed by atoms with Gasteiger partial charge in [0.15, 0.2) is 0 Å². The summed E-state index contributed by atoms with van der Waals surface area (Å²) in [4.78, 5) is 25.3. The van der Waals surface area contributed by atoms with Crippen molar-refractivity contribution >= 4 is 16.7 Å². The Morgan fingerprint density at radius 3 is 2.86 bits per heavy atom. The molecule has 0 spiro atoms. The van der Waals surface area contributed by atoms with Gasteiger partial charge in [-0.1, -0.05) is 56.2 Å². The van der Waals surface area contributed by atoms with Crippen LogP contribution >= 0.6 is 0 Å². The van der Waals surface area contributed by atoms with Gasteiger partial charge in [0.2, 0.25) is 0 Å². The van der Waals surface area contributed by atoms with Gasteiger partial charge < -0.3 is 9.88 Å². The van der Waals surface area contributed by atoms with Gasteiger partial charge in [-0.3, -0.25) is 9.69 Å². The minimum atomic E-state index is 0.163. The minimum absolute atomic E-state index is 0.163. The SMILES string of the molecule is CCCCC1CN(C(=O)c2cccc3ccccc23)CCN1CCc1cnc[nH]1. The third-order valence-electron chi connectivity index (χ3n) is 6.03. The molecular weight excluding hydrogens is 360 g/mol. The van der Waals surface area contributed by atoms with E-state index >= 15 is 0 Å². The number of nitrogens with zero attached hydrogens (tertiary/aromatic N) is 3. The summed E-state index contributed by atoms with van der Waals surface area (Å²) in [5, 5.41) is 2.17. The van der Waals surface area contributed by atoms with E-state index in [2.05, 4.69) is 44.9 Å². The molecule has 0 aliphatic carbocycles. The summed E-state index contributed by atoms with van der Waals surface area (Å²) in [7, 11) is 0. The molecule has 29 heavy (non-hydrogen) atoms. The Morgan fingerprint density at radius 2 is 2.03 bits per heavy atom. The molecule has 1 amide bonds. The zero-order valence-electron chi connectivity index (χ0n) is 17.2. The molecule has 1 saturated heterocycles. The summed E-state index contributed by atoms with van der Waals surface area (Å²) in [5.41, 5.74) is 2.00. The van der Waals surface area contributed by atoms with Crippen LogP contribution in [0.5, 0.6) is 0 Å². The topological polar surface area (TPSA) is 52.2 Å². The van der Waals surface area contributed by atoms with Gasteiger partial charge in [0.1, 0.15) is 0 Å². The molecule has 1 aliphatic heterocycles. The number of aromatic nitrogens is 2. The van der Waals surface area contributed by atoms with Gasteiger partial charge in [-0.2, -0.15) is 0 Å². The van der Waals surface area contributed by atoms with E-state index in [9.17, 15) is 4.79 Å². The first-order valence-corrected chi connectivity index (χ1v) is 10.7. The fourth-order valence-electron chi connectivity index (χ4n) is 4.35. The largest absolute Gasteiger partial charge is 0.348 e. The number of nitrogens with one attached hydrogen (secondary N) is 1. The maximum absolute atomic E-state index is 13.4. The average molecular weight is 391 g/mol. The number of rotatable bonds is 7. The lowest BCUT2D eigenvalue weighted by Crippen LogP contribution is -2.55. The number of benzene rings is 2. The first-order chi connectivity index (χ1) is 14.3. The van der Waals surface area contributed by atoms with E-state index in [0.717, 1.165) is 55.4 Å². The van der Waals surface area contributed by atoms with Crippen LogP contribution in [0.2, 0.25) is 0 Å². The first-order valence-electron chi connectivity index (χ1n) is 10.7. The van der Waals surface area contributed by atoms with Gasteiger partial charge in [-0.25, -0.2) is 4.98 Å². The van der Waals surface area contributed by atoms with E-state index in [1.807, 2.05) is 30.5 Å². The average Bonchev–Trinajstić information content (AvgIpc) is 3.29. The number of hydrogen-bond acceptors (Lipinski definition) is 3. The van der Waals surface area contributed by atoms with Crippen molar-refractivity contribution in [3.8, 4) is 0 Å². The second-order valence-electron chi connectivity index (χ2n) is 7.94. The molecule has 0 saturated carbocycles. The minimum Gasteiger partial charge on any atom is -0.348 e.